The molecule has 4 rings (SSSR count). The Balaban J connectivity index is 1.21. The Morgan fingerprint density at radius 2 is 1.32 bits per heavy atom. The number of anilines is 1. The molecular weight excluding hydrogens is 424 g/mol. The first kappa shape index (κ1) is 23.5. The van der Waals surface area contributed by atoms with Crippen molar-refractivity contribution >= 4 is 17.5 Å². The lowest BCUT2D eigenvalue weighted by molar-refractivity contribution is -0.121. The molecule has 0 unspecified atom stereocenters. The minimum atomic E-state index is -0.161. The van der Waals surface area contributed by atoms with Crippen molar-refractivity contribution in [2.45, 2.75) is 19.5 Å². The van der Waals surface area contributed by atoms with Crippen LogP contribution < -0.4 is 15.5 Å². The summed E-state index contributed by atoms with van der Waals surface area (Å²) >= 11 is 0. The topological polar surface area (TPSA) is 64.7 Å². The van der Waals surface area contributed by atoms with E-state index in [2.05, 4.69) is 69.0 Å². The van der Waals surface area contributed by atoms with E-state index in [-0.39, 0.29) is 18.2 Å². The van der Waals surface area contributed by atoms with Gasteiger partial charge in [-0.1, -0.05) is 60.7 Å². The zero-order valence-electron chi connectivity index (χ0n) is 19.5. The molecule has 0 aliphatic carbocycles. The van der Waals surface area contributed by atoms with E-state index in [9.17, 15) is 9.59 Å². The SMILES string of the molecule is O=C(CCNC(=O)c1ccccc1)NCc1ccccc1CN1CCN(c2ccccc2)CC1. The summed E-state index contributed by atoms with van der Waals surface area (Å²) in [6.07, 6.45) is 0.252. The van der Waals surface area contributed by atoms with Gasteiger partial charge in [-0.2, -0.15) is 0 Å². The minimum Gasteiger partial charge on any atom is -0.369 e. The molecule has 0 saturated carbocycles. The van der Waals surface area contributed by atoms with Gasteiger partial charge in [0.25, 0.3) is 5.91 Å². The summed E-state index contributed by atoms with van der Waals surface area (Å²) in [5.74, 6) is -0.231. The number of carbonyl (C=O) groups is 2. The summed E-state index contributed by atoms with van der Waals surface area (Å²) in [5.41, 5.74) is 4.26. The molecule has 34 heavy (non-hydrogen) atoms. The molecule has 0 aromatic heterocycles. The van der Waals surface area contributed by atoms with Crippen molar-refractivity contribution in [3.8, 4) is 0 Å². The van der Waals surface area contributed by atoms with E-state index in [4.69, 9.17) is 0 Å². The summed E-state index contributed by atoms with van der Waals surface area (Å²) in [6.45, 7) is 5.73. The molecule has 1 aliphatic rings. The van der Waals surface area contributed by atoms with Gasteiger partial charge in [0.05, 0.1) is 0 Å². The highest BCUT2D eigenvalue weighted by molar-refractivity contribution is 5.94. The normalized spacial score (nSPS) is 13.9. The lowest BCUT2D eigenvalue weighted by Gasteiger charge is -2.36. The van der Waals surface area contributed by atoms with Crippen molar-refractivity contribution in [1.82, 2.24) is 15.5 Å². The molecule has 1 aliphatic heterocycles. The standard InChI is InChI=1S/C28H32N4O2/c33-27(15-16-29-28(34)23-9-3-1-4-10-23)30-21-24-11-7-8-12-25(24)22-31-17-19-32(20-18-31)26-13-5-2-6-14-26/h1-14H,15-22H2,(H,29,34)(H,30,33). The molecule has 3 aromatic carbocycles. The predicted molar refractivity (Wildman–Crippen MR) is 136 cm³/mol. The highest BCUT2D eigenvalue weighted by Crippen LogP contribution is 2.18. The Bertz CT molecular complexity index is 1060. The summed E-state index contributed by atoms with van der Waals surface area (Å²) < 4.78 is 0. The minimum absolute atomic E-state index is 0.0698. The van der Waals surface area contributed by atoms with Gasteiger partial charge >= 0.3 is 0 Å². The number of piperazine rings is 1. The van der Waals surface area contributed by atoms with Gasteiger partial charge in [0.1, 0.15) is 0 Å². The van der Waals surface area contributed by atoms with Gasteiger partial charge in [-0.05, 0) is 35.4 Å². The van der Waals surface area contributed by atoms with Crippen molar-refractivity contribution in [1.29, 1.82) is 0 Å². The number of hydrogen-bond donors (Lipinski definition) is 2. The van der Waals surface area contributed by atoms with Crippen LogP contribution in [0.15, 0.2) is 84.9 Å². The van der Waals surface area contributed by atoms with Gasteiger partial charge in [0, 0.05) is 63.5 Å². The zero-order valence-corrected chi connectivity index (χ0v) is 19.5. The second-order valence-corrected chi connectivity index (χ2v) is 8.52. The van der Waals surface area contributed by atoms with E-state index in [0.29, 0.717) is 18.7 Å². The van der Waals surface area contributed by atoms with Crippen molar-refractivity contribution in [2.24, 2.45) is 0 Å². The first-order chi connectivity index (χ1) is 16.7. The van der Waals surface area contributed by atoms with E-state index in [1.165, 1.54) is 11.3 Å². The van der Waals surface area contributed by atoms with E-state index in [1.807, 2.05) is 24.3 Å². The Hall–Kier alpha value is -3.64. The van der Waals surface area contributed by atoms with Gasteiger partial charge in [0.15, 0.2) is 0 Å². The molecule has 6 nitrogen and oxygen atoms in total. The summed E-state index contributed by atoms with van der Waals surface area (Å²) in [4.78, 5) is 29.3. The van der Waals surface area contributed by atoms with Gasteiger partial charge < -0.3 is 15.5 Å². The molecule has 3 aromatic rings. The van der Waals surface area contributed by atoms with Crippen LogP contribution in [-0.4, -0.2) is 49.4 Å². The number of carbonyl (C=O) groups excluding carboxylic acids is 2. The molecule has 2 amide bonds. The molecule has 1 heterocycles. The van der Waals surface area contributed by atoms with Crippen LogP contribution in [0, 0.1) is 0 Å². The van der Waals surface area contributed by atoms with E-state index in [1.54, 1.807) is 12.1 Å². The van der Waals surface area contributed by atoms with Crippen LogP contribution in [-0.2, 0) is 17.9 Å². The molecule has 0 bridgehead atoms. The maximum Gasteiger partial charge on any atom is 0.251 e. The molecule has 0 radical (unpaired) electrons. The number of benzene rings is 3. The quantitative estimate of drug-likeness (QED) is 0.518. The highest BCUT2D eigenvalue weighted by Gasteiger charge is 2.18. The molecule has 0 atom stereocenters. The molecule has 1 saturated heterocycles. The van der Waals surface area contributed by atoms with E-state index >= 15 is 0 Å². The number of hydrogen-bond acceptors (Lipinski definition) is 4. The molecule has 0 spiro atoms. The van der Waals surface area contributed by atoms with E-state index < -0.39 is 0 Å². The Labute approximate surface area is 201 Å². The number of rotatable bonds is 9. The third-order valence-corrected chi connectivity index (χ3v) is 6.16. The second kappa shape index (κ2) is 12.0. The Morgan fingerprint density at radius 1 is 0.706 bits per heavy atom. The maximum absolute atomic E-state index is 12.3. The van der Waals surface area contributed by atoms with Crippen LogP contribution >= 0.6 is 0 Å². The van der Waals surface area contributed by atoms with Crippen LogP contribution in [0.4, 0.5) is 5.69 Å². The Kier molecular flexibility index (Phi) is 8.30. The van der Waals surface area contributed by atoms with Crippen molar-refractivity contribution in [2.75, 3.05) is 37.6 Å². The molecule has 176 valence electrons. The average Bonchev–Trinajstić information content (AvgIpc) is 2.89. The molecule has 6 heteroatoms. The number of nitrogens with zero attached hydrogens (tertiary/aromatic N) is 2. The number of para-hydroxylation sites is 1. The van der Waals surface area contributed by atoms with Gasteiger partial charge in [-0.15, -0.1) is 0 Å². The smallest absolute Gasteiger partial charge is 0.251 e. The van der Waals surface area contributed by atoms with Crippen LogP contribution in [0.1, 0.15) is 27.9 Å². The average molecular weight is 457 g/mol. The van der Waals surface area contributed by atoms with Crippen LogP contribution in [0.5, 0.6) is 0 Å². The van der Waals surface area contributed by atoms with Crippen LogP contribution in [0.3, 0.4) is 0 Å². The second-order valence-electron chi connectivity index (χ2n) is 8.52. The summed E-state index contributed by atoms with van der Waals surface area (Å²) in [7, 11) is 0. The maximum atomic E-state index is 12.3. The fourth-order valence-electron chi connectivity index (χ4n) is 4.19. The third-order valence-electron chi connectivity index (χ3n) is 6.16. The molecule has 2 N–H and O–H groups in total. The first-order valence-corrected chi connectivity index (χ1v) is 11.9. The Morgan fingerprint density at radius 3 is 2.03 bits per heavy atom. The zero-order chi connectivity index (χ0) is 23.6. The fourth-order valence-corrected chi connectivity index (χ4v) is 4.19. The van der Waals surface area contributed by atoms with Crippen LogP contribution in [0.25, 0.3) is 0 Å². The largest absolute Gasteiger partial charge is 0.369 e. The van der Waals surface area contributed by atoms with Crippen molar-refractivity contribution in [3.63, 3.8) is 0 Å². The summed E-state index contributed by atoms with van der Waals surface area (Å²) in [5, 5.41) is 5.80. The number of amides is 2. The number of nitrogens with one attached hydrogen (secondary N) is 2. The van der Waals surface area contributed by atoms with Crippen molar-refractivity contribution < 1.29 is 9.59 Å². The van der Waals surface area contributed by atoms with Gasteiger partial charge in [0.2, 0.25) is 5.91 Å². The molecule has 1 fully saturated rings. The highest BCUT2D eigenvalue weighted by atomic mass is 16.2. The third kappa shape index (κ3) is 6.68. The van der Waals surface area contributed by atoms with E-state index in [0.717, 1.165) is 38.3 Å². The first-order valence-electron chi connectivity index (χ1n) is 11.9. The molecular formula is C28H32N4O2. The summed E-state index contributed by atoms with van der Waals surface area (Å²) in [6, 6.07) is 27.9. The van der Waals surface area contributed by atoms with Crippen LogP contribution in [0.2, 0.25) is 0 Å². The van der Waals surface area contributed by atoms with Gasteiger partial charge in [-0.25, -0.2) is 0 Å². The lowest BCUT2D eigenvalue weighted by atomic mass is 10.1. The van der Waals surface area contributed by atoms with Crippen molar-refractivity contribution in [3.05, 3.63) is 102 Å². The predicted octanol–water partition coefficient (Wildman–Crippen LogP) is 3.45. The van der Waals surface area contributed by atoms with Gasteiger partial charge in [-0.3, -0.25) is 14.5 Å². The lowest BCUT2D eigenvalue weighted by Crippen LogP contribution is -2.46. The fraction of sp³-hybridized carbons (Fsp3) is 0.286. The monoisotopic (exact) mass is 456 g/mol.